The molecule has 146 valence electrons. The van der Waals surface area contributed by atoms with Crippen LogP contribution >= 0.6 is 7.92 Å². The van der Waals surface area contributed by atoms with Gasteiger partial charge in [0.25, 0.3) is 0 Å². The zero-order valence-corrected chi connectivity index (χ0v) is 18.5. The molecule has 0 N–H and O–H groups in total. The largest absolute Gasteiger partial charge is 0.0913 e. The average Bonchev–Trinajstić information content (AvgIpc) is 3.09. The Morgan fingerprint density at radius 3 is 1.59 bits per heavy atom. The topological polar surface area (TPSA) is 0 Å². The fourth-order valence-electron chi connectivity index (χ4n) is 4.54. The minimum Gasteiger partial charge on any atom is -0.0913 e. The van der Waals surface area contributed by atoms with Crippen molar-refractivity contribution in [3.8, 4) is 0 Å². The minimum absolute atomic E-state index is 0.0317. The van der Waals surface area contributed by atoms with Crippen molar-refractivity contribution >= 4 is 7.92 Å². The van der Waals surface area contributed by atoms with Gasteiger partial charge in [-0.2, -0.15) is 0 Å². The SMILES string of the molecule is CCCCCCCCP1C(c2ccc(C)cc2)CCC1c1ccc(C)cc1. The Kier molecular flexibility index (Phi) is 7.95. The molecule has 2 aromatic rings. The quantitative estimate of drug-likeness (QED) is 0.301. The second-order valence-corrected chi connectivity index (χ2v) is 11.2. The van der Waals surface area contributed by atoms with Gasteiger partial charge in [0.15, 0.2) is 0 Å². The monoisotopic (exact) mass is 380 g/mol. The maximum Gasteiger partial charge on any atom is 0.00476 e. The first-order chi connectivity index (χ1) is 13.2. The summed E-state index contributed by atoms with van der Waals surface area (Å²) in [5.74, 6) is 0. The predicted octanol–water partition coefficient (Wildman–Crippen LogP) is 8.72. The maximum atomic E-state index is 2.41. The Hall–Kier alpha value is -1.13. The van der Waals surface area contributed by atoms with Gasteiger partial charge < -0.3 is 0 Å². The van der Waals surface area contributed by atoms with Gasteiger partial charge in [0.05, 0.1) is 0 Å². The highest BCUT2D eigenvalue weighted by atomic mass is 31.1. The van der Waals surface area contributed by atoms with Crippen molar-refractivity contribution in [3.05, 3.63) is 70.8 Å². The molecule has 2 aromatic carbocycles. The van der Waals surface area contributed by atoms with E-state index in [0.29, 0.717) is 0 Å². The molecule has 3 rings (SSSR count). The van der Waals surface area contributed by atoms with E-state index in [0.717, 1.165) is 11.3 Å². The molecule has 0 saturated carbocycles. The lowest BCUT2D eigenvalue weighted by Gasteiger charge is -2.27. The van der Waals surface area contributed by atoms with E-state index < -0.39 is 0 Å². The van der Waals surface area contributed by atoms with Crippen LogP contribution in [0, 0.1) is 13.8 Å². The molecule has 1 saturated heterocycles. The van der Waals surface area contributed by atoms with E-state index in [1.54, 1.807) is 11.1 Å². The van der Waals surface area contributed by atoms with Crippen LogP contribution < -0.4 is 0 Å². The third-order valence-electron chi connectivity index (χ3n) is 6.21. The lowest BCUT2D eigenvalue weighted by Crippen LogP contribution is -1.99. The van der Waals surface area contributed by atoms with E-state index in [4.69, 9.17) is 0 Å². The van der Waals surface area contributed by atoms with E-state index in [2.05, 4.69) is 69.3 Å². The molecule has 1 aliphatic rings. The van der Waals surface area contributed by atoms with Crippen LogP contribution in [0.5, 0.6) is 0 Å². The maximum absolute atomic E-state index is 2.41. The molecule has 1 fully saturated rings. The summed E-state index contributed by atoms with van der Waals surface area (Å²) in [6.07, 6.45) is 12.7. The third kappa shape index (κ3) is 5.68. The van der Waals surface area contributed by atoms with Gasteiger partial charge in [-0.1, -0.05) is 107 Å². The lowest BCUT2D eigenvalue weighted by atomic mass is 10.0. The van der Waals surface area contributed by atoms with Gasteiger partial charge in [-0.15, -0.1) is 0 Å². The van der Waals surface area contributed by atoms with E-state index in [-0.39, 0.29) is 7.92 Å². The van der Waals surface area contributed by atoms with Crippen molar-refractivity contribution in [1.29, 1.82) is 0 Å². The van der Waals surface area contributed by atoms with Crippen molar-refractivity contribution in [2.75, 3.05) is 6.16 Å². The van der Waals surface area contributed by atoms with Crippen LogP contribution in [0.4, 0.5) is 0 Å². The highest BCUT2D eigenvalue weighted by molar-refractivity contribution is 7.58. The van der Waals surface area contributed by atoms with E-state index in [9.17, 15) is 0 Å². The summed E-state index contributed by atoms with van der Waals surface area (Å²) in [4.78, 5) is 0. The van der Waals surface area contributed by atoms with E-state index in [1.165, 1.54) is 68.7 Å². The lowest BCUT2D eigenvalue weighted by molar-refractivity contribution is 0.625. The van der Waals surface area contributed by atoms with Crippen LogP contribution in [0.25, 0.3) is 0 Å². The fraction of sp³-hybridized carbons (Fsp3) is 0.538. The summed E-state index contributed by atoms with van der Waals surface area (Å²) in [5.41, 5.74) is 7.59. The molecule has 1 aliphatic heterocycles. The molecule has 27 heavy (non-hydrogen) atoms. The van der Waals surface area contributed by atoms with Crippen LogP contribution in [0.1, 0.15) is 91.9 Å². The van der Waals surface area contributed by atoms with Crippen LogP contribution in [-0.4, -0.2) is 6.16 Å². The summed E-state index contributed by atoms with van der Waals surface area (Å²) in [5, 5.41) is 0. The van der Waals surface area contributed by atoms with Gasteiger partial charge in [0, 0.05) is 11.3 Å². The highest BCUT2D eigenvalue weighted by Gasteiger charge is 2.36. The first-order valence-electron chi connectivity index (χ1n) is 11.1. The van der Waals surface area contributed by atoms with Crippen molar-refractivity contribution in [2.24, 2.45) is 0 Å². The molecule has 0 bridgehead atoms. The van der Waals surface area contributed by atoms with Crippen molar-refractivity contribution in [1.82, 2.24) is 0 Å². The molecule has 0 spiro atoms. The van der Waals surface area contributed by atoms with E-state index >= 15 is 0 Å². The summed E-state index contributed by atoms with van der Waals surface area (Å²) >= 11 is 0. The molecule has 0 amide bonds. The molecule has 2 atom stereocenters. The number of benzene rings is 2. The zero-order chi connectivity index (χ0) is 19.1. The second kappa shape index (κ2) is 10.4. The first-order valence-corrected chi connectivity index (χ1v) is 12.7. The molecule has 0 nitrogen and oxygen atoms in total. The second-order valence-electron chi connectivity index (χ2n) is 8.44. The predicted molar refractivity (Wildman–Crippen MR) is 122 cm³/mol. The normalized spacial score (nSPS) is 22.3. The number of rotatable bonds is 9. The Balaban J connectivity index is 1.70. The van der Waals surface area contributed by atoms with Gasteiger partial charge in [0.2, 0.25) is 0 Å². The van der Waals surface area contributed by atoms with Crippen molar-refractivity contribution < 1.29 is 0 Å². The first kappa shape index (κ1) is 20.6. The molecular weight excluding hydrogens is 343 g/mol. The molecular formula is C26H37P. The molecule has 0 radical (unpaired) electrons. The van der Waals surface area contributed by atoms with Crippen molar-refractivity contribution in [3.63, 3.8) is 0 Å². The zero-order valence-electron chi connectivity index (χ0n) is 17.6. The highest BCUT2D eigenvalue weighted by Crippen LogP contribution is 2.70. The minimum atomic E-state index is 0.0317. The van der Waals surface area contributed by atoms with Crippen LogP contribution in [-0.2, 0) is 0 Å². The molecule has 1 heterocycles. The summed E-state index contributed by atoms with van der Waals surface area (Å²) in [7, 11) is 0.0317. The Bertz CT molecular complexity index is 617. The van der Waals surface area contributed by atoms with E-state index in [1.807, 2.05) is 0 Å². The molecule has 0 aromatic heterocycles. The molecule has 1 heteroatoms. The summed E-state index contributed by atoms with van der Waals surface area (Å²) in [6.45, 7) is 6.71. The number of hydrogen-bond donors (Lipinski definition) is 0. The standard InChI is InChI=1S/C26H37P/c1-4-5-6-7-8-9-20-27-25(23-14-10-21(2)11-15-23)18-19-26(27)24-16-12-22(3)13-17-24/h10-17,25-26H,4-9,18-20H2,1-3H3. The smallest absolute Gasteiger partial charge is 0.00476 e. The van der Waals surface area contributed by atoms with Gasteiger partial charge in [-0.25, -0.2) is 0 Å². The molecule has 2 unspecified atom stereocenters. The van der Waals surface area contributed by atoms with Gasteiger partial charge in [-0.05, 0) is 50.4 Å². The molecule has 0 aliphatic carbocycles. The Morgan fingerprint density at radius 2 is 1.11 bits per heavy atom. The van der Waals surface area contributed by atoms with Crippen molar-refractivity contribution in [2.45, 2.75) is 83.5 Å². The van der Waals surface area contributed by atoms with Gasteiger partial charge in [0.1, 0.15) is 0 Å². The number of aryl methyl sites for hydroxylation is 2. The van der Waals surface area contributed by atoms with Gasteiger partial charge in [-0.3, -0.25) is 0 Å². The number of unbranched alkanes of at least 4 members (excludes halogenated alkanes) is 5. The van der Waals surface area contributed by atoms with Gasteiger partial charge >= 0.3 is 0 Å². The summed E-state index contributed by atoms with van der Waals surface area (Å²) < 4.78 is 0. The van der Waals surface area contributed by atoms with Crippen LogP contribution in [0.15, 0.2) is 48.5 Å². The van der Waals surface area contributed by atoms with Crippen LogP contribution in [0.2, 0.25) is 0 Å². The number of hydrogen-bond acceptors (Lipinski definition) is 0. The summed E-state index contributed by atoms with van der Waals surface area (Å²) in [6, 6.07) is 18.9. The Labute approximate surface area is 168 Å². The van der Waals surface area contributed by atoms with Crippen LogP contribution in [0.3, 0.4) is 0 Å². The Morgan fingerprint density at radius 1 is 0.667 bits per heavy atom. The fourth-order valence-corrected chi connectivity index (χ4v) is 8.26. The average molecular weight is 381 g/mol. The third-order valence-corrected chi connectivity index (χ3v) is 9.75.